The molecule has 3 N–H and O–H groups in total. The SMILES string of the molecule is CCC(C)NC(=O)CCNC(=O)C1CC(F)(F)CN1.Cl. The molecule has 20 heavy (non-hydrogen) atoms. The van der Waals surface area contributed by atoms with Gasteiger partial charge in [0.2, 0.25) is 11.8 Å². The van der Waals surface area contributed by atoms with Crippen molar-refractivity contribution < 1.29 is 18.4 Å². The molecule has 5 nitrogen and oxygen atoms in total. The number of alkyl halides is 2. The van der Waals surface area contributed by atoms with E-state index in [1.165, 1.54) is 0 Å². The molecule has 1 aliphatic heterocycles. The summed E-state index contributed by atoms with van der Waals surface area (Å²) < 4.78 is 25.8. The predicted octanol–water partition coefficient (Wildman–Crippen LogP) is 0.826. The normalized spacial score (nSPS) is 21.7. The van der Waals surface area contributed by atoms with Gasteiger partial charge < -0.3 is 10.6 Å². The largest absolute Gasteiger partial charge is 0.354 e. The molecule has 1 rings (SSSR count). The van der Waals surface area contributed by atoms with Gasteiger partial charge in [0.05, 0.1) is 12.6 Å². The molecule has 0 bridgehead atoms. The van der Waals surface area contributed by atoms with E-state index < -0.39 is 30.8 Å². The van der Waals surface area contributed by atoms with E-state index in [0.29, 0.717) is 0 Å². The van der Waals surface area contributed by atoms with Crippen molar-refractivity contribution in [1.29, 1.82) is 0 Å². The minimum atomic E-state index is -2.82. The second-order valence-electron chi connectivity index (χ2n) is 4.91. The van der Waals surface area contributed by atoms with E-state index in [-0.39, 0.29) is 37.3 Å². The summed E-state index contributed by atoms with van der Waals surface area (Å²) in [6.07, 6.45) is 0.496. The molecule has 1 fully saturated rings. The Labute approximate surface area is 123 Å². The van der Waals surface area contributed by atoms with Crippen molar-refractivity contribution >= 4 is 24.2 Å². The first-order valence-corrected chi connectivity index (χ1v) is 6.52. The van der Waals surface area contributed by atoms with Crippen LogP contribution in [0.4, 0.5) is 8.78 Å². The molecule has 1 saturated heterocycles. The maximum atomic E-state index is 12.9. The number of rotatable bonds is 6. The van der Waals surface area contributed by atoms with E-state index in [4.69, 9.17) is 0 Å². The van der Waals surface area contributed by atoms with Crippen molar-refractivity contribution in [2.75, 3.05) is 13.1 Å². The van der Waals surface area contributed by atoms with Crippen LogP contribution in [-0.4, -0.2) is 42.9 Å². The summed E-state index contributed by atoms with van der Waals surface area (Å²) in [6, 6.07) is -0.772. The standard InChI is InChI=1S/C12H21F2N3O2.ClH/c1-3-8(2)17-10(18)4-5-15-11(19)9-6-12(13,14)7-16-9;/h8-9,16H,3-7H2,1-2H3,(H,15,19)(H,17,18);1H. The van der Waals surface area contributed by atoms with Crippen LogP contribution in [0, 0.1) is 0 Å². The lowest BCUT2D eigenvalue weighted by Gasteiger charge is -2.13. The average Bonchev–Trinajstić information content (AvgIpc) is 2.69. The first-order valence-electron chi connectivity index (χ1n) is 6.52. The summed E-state index contributed by atoms with van der Waals surface area (Å²) in [5, 5.41) is 7.71. The summed E-state index contributed by atoms with van der Waals surface area (Å²) in [5.41, 5.74) is 0. The third-order valence-electron chi connectivity index (χ3n) is 3.10. The smallest absolute Gasteiger partial charge is 0.262 e. The van der Waals surface area contributed by atoms with E-state index >= 15 is 0 Å². The summed E-state index contributed by atoms with van der Waals surface area (Å²) in [7, 11) is 0. The second kappa shape index (κ2) is 8.36. The van der Waals surface area contributed by atoms with E-state index in [1.807, 2.05) is 13.8 Å². The van der Waals surface area contributed by atoms with Gasteiger partial charge in [-0.3, -0.25) is 14.9 Å². The topological polar surface area (TPSA) is 70.2 Å². The third kappa shape index (κ3) is 6.47. The predicted molar refractivity (Wildman–Crippen MR) is 74.1 cm³/mol. The zero-order valence-electron chi connectivity index (χ0n) is 11.7. The molecule has 0 radical (unpaired) electrons. The van der Waals surface area contributed by atoms with Crippen molar-refractivity contribution in [3.63, 3.8) is 0 Å². The van der Waals surface area contributed by atoms with Crippen molar-refractivity contribution in [1.82, 2.24) is 16.0 Å². The number of hydrogen-bond donors (Lipinski definition) is 3. The fourth-order valence-corrected chi connectivity index (χ4v) is 1.77. The minimum absolute atomic E-state index is 0. The maximum absolute atomic E-state index is 12.9. The molecule has 118 valence electrons. The van der Waals surface area contributed by atoms with Crippen LogP contribution in [0.2, 0.25) is 0 Å². The number of carbonyl (C=O) groups is 2. The minimum Gasteiger partial charge on any atom is -0.354 e. The number of hydrogen-bond acceptors (Lipinski definition) is 3. The van der Waals surface area contributed by atoms with Crippen LogP contribution >= 0.6 is 12.4 Å². The summed E-state index contributed by atoms with van der Waals surface area (Å²) in [4.78, 5) is 23.0. The highest BCUT2D eigenvalue weighted by molar-refractivity contribution is 5.85. The zero-order chi connectivity index (χ0) is 14.5. The molecule has 2 atom stereocenters. The van der Waals surface area contributed by atoms with Crippen LogP contribution in [-0.2, 0) is 9.59 Å². The molecule has 2 unspecified atom stereocenters. The number of nitrogens with one attached hydrogen (secondary N) is 3. The molecule has 0 aromatic heterocycles. The third-order valence-corrected chi connectivity index (χ3v) is 3.10. The highest BCUT2D eigenvalue weighted by atomic mass is 35.5. The van der Waals surface area contributed by atoms with Crippen LogP contribution in [0.15, 0.2) is 0 Å². The van der Waals surface area contributed by atoms with Gasteiger partial charge in [0.1, 0.15) is 0 Å². The van der Waals surface area contributed by atoms with Gasteiger partial charge in [-0.25, -0.2) is 8.78 Å². The maximum Gasteiger partial charge on any atom is 0.262 e. The van der Waals surface area contributed by atoms with Crippen LogP contribution in [0.25, 0.3) is 0 Å². The Balaban J connectivity index is 0.00000361. The van der Waals surface area contributed by atoms with Gasteiger partial charge in [0.25, 0.3) is 5.92 Å². The Hall–Kier alpha value is -0.950. The van der Waals surface area contributed by atoms with Crippen LogP contribution < -0.4 is 16.0 Å². The number of carbonyl (C=O) groups excluding carboxylic acids is 2. The van der Waals surface area contributed by atoms with E-state index in [2.05, 4.69) is 16.0 Å². The first-order chi connectivity index (χ1) is 8.84. The zero-order valence-corrected chi connectivity index (χ0v) is 12.5. The molecule has 0 aromatic carbocycles. The molecule has 0 saturated carbocycles. The van der Waals surface area contributed by atoms with Gasteiger partial charge in [-0.15, -0.1) is 12.4 Å². The molecule has 0 aromatic rings. The van der Waals surface area contributed by atoms with Crippen molar-refractivity contribution in [3.8, 4) is 0 Å². The molecule has 1 heterocycles. The van der Waals surface area contributed by atoms with Gasteiger partial charge in [-0.05, 0) is 13.3 Å². The Morgan fingerprint density at radius 2 is 2.10 bits per heavy atom. The van der Waals surface area contributed by atoms with Gasteiger partial charge >= 0.3 is 0 Å². The molecule has 2 amide bonds. The first kappa shape index (κ1) is 19.1. The lowest BCUT2D eigenvalue weighted by atomic mass is 10.2. The van der Waals surface area contributed by atoms with Crippen LogP contribution in [0.1, 0.15) is 33.1 Å². The molecular formula is C12H22ClF2N3O2. The Morgan fingerprint density at radius 3 is 2.60 bits per heavy atom. The summed E-state index contributed by atoms with van der Waals surface area (Å²) >= 11 is 0. The monoisotopic (exact) mass is 313 g/mol. The molecule has 8 heteroatoms. The Morgan fingerprint density at radius 1 is 1.45 bits per heavy atom. The van der Waals surface area contributed by atoms with E-state index in [1.54, 1.807) is 0 Å². The fraction of sp³-hybridized carbons (Fsp3) is 0.833. The molecule has 0 aliphatic carbocycles. The summed E-state index contributed by atoms with van der Waals surface area (Å²) in [6.45, 7) is 3.53. The lowest BCUT2D eigenvalue weighted by molar-refractivity contribution is -0.124. The van der Waals surface area contributed by atoms with Crippen LogP contribution in [0.5, 0.6) is 0 Å². The van der Waals surface area contributed by atoms with Gasteiger partial charge in [0, 0.05) is 25.4 Å². The van der Waals surface area contributed by atoms with Gasteiger partial charge in [0.15, 0.2) is 0 Å². The molecular weight excluding hydrogens is 292 g/mol. The Bertz CT molecular complexity index is 343. The van der Waals surface area contributed by atoms with Crippen molar-refractivity contribution in [3.05, 3.63) is 0 Å². The quantitative estimate of drug-likeness (QED) is 0.680. The van der Waals surface area contributed by atoms with E-state index in [0.717, 1.165) is 6.42 Å². The molecule has 1 aliphatic rings. The highest BCUT2D eigenvalue weighted by Crippen LogP contribution is 2.24. The van der Waals surface area contributed by atoms with Crippen molar-refractivity contribution in [2.24, 2.45) is 0 Å². The lowest BCUT2D eigenvalue weighted by Crippen LogP contribution is -2.42. The van der Waals surface area contributed by atoms with Gasteiger partial charge in [-0.1, -0.05) is 6.92 Å². The summed E-state index contributed by atoms with van der Waals surface area (Å²) in [5.74, 6) is -3.46. The second-order valence-corrected chi connectivity index (χ2v) is 4.91. The Kier molecular flexibility index (Phi) is 7.96. The van der Waals surface area contributed by atoms with E-state index in [9.17, 15) is 18.4 Å². The fourth-order valence-electron chi connectivity index (χ4n) is 1.77. The number of amides is 2. The van der Waals surface area contributed by atoms with Crippen LogP contribution in [0.3, 0.4) is 0 Å². The number of halogens is 3. The average molecular weight is 314 g/mol. The molecule has 0 spiro atoms. The van der Waals surface area contributed by atoms with Crippen molar-refractivity contribution in [2.45, 2.75) is 51.1 Å². The van der Waals surface area contributed by atoms with Gasteiger partial charge in [-0.2, -0.15) is 0 Å². The highest BCUT2D eigenvalue weighted by Gasteiger charge is 2.42.